The van der Waals surface area contributed by atoms with E-state index in [4.69, 9.17) is 4.84 Å². The summed E-state index contributed by atoms with van der Waals surface area (Å²) in [6.07, 6.45) is -0.266. The predicted octanol–water partition coefficient (Wildman–Crippen LogP) is 0.710. The normalized spacial score (nSPS) is 10.2. The van der Waals surface area contributed by atoms with Crippen molar-refractivity contribution >= 4 is 11.8 Å². The van der Waals surface area contributed by atoms with E-state index in [1.807, 2.05) is 30.3 Å². The molecule has 2 aromatic rings. The minimum Gasteiger partial charge on any atom is -0.504 e. The molecule has 0 aliphatic carbocycles. The standard InChI is InChI=1S/C17H18N2O6/c20-13-7-6-12(16(23)17(13)24)8-14(21)18-9-15(22)19-25-10-11-4-2-1-3-5-11/h1-7,20,23-24H,8-10H2,(H,18,21)(H,19,22). The number of nitrogens with one attached hydrogen (secondary N) is 2. The zero-order valence-corrected chi connectivity index (χ0v) is 13.2. The molecule has 2 rings (SSSR count). The number of benzene rings is 2. The molecular weight excluding hydrogens is 328 g/mol. The first-order chi connectivity index (χ1) is 12.0. The Morgan fingerprint density at radius 2 is 1.64 bits per heavy atom. The van der Waals surface area contributed by atoms with Crippen LogP contribution in [0.3, 0.4) is 0 Å². The zero-order chi connectivity index (χ0) is 18.2. The third kappa shape index (κ3) is 5.40. The summed E-state index contributed by atoms with van der Waals surface area (Å²) < 4.78 is 0. The Morgan fingerprint density at radius 3 is 2.36 bits per heavy atom. The molecule has 0 aromatic heterocycles. The summed E-state index contributed by atoms with van der Waals surface area (Å²) in [6.45, 7) is -0.111. The van der Waals surface area contributed by atoms with E-state index in [2.05, 4.69) is 10.8 Å². The van der Waals surface area contributed by atoms with Crippen LogP contribution < -0.4 is 10.8 Å². The molecular formula is C17H18N2O6. The van der Waals surface area contributed by atoms with Crippen molar-refractivity contribution in [1.82, 2.24) is 10.8 Å². The minimum absolute atomic E-state index is 0.119. The van der Waals surface area contributed by atoms with Gasteiger partial charge in [0.2, 0.25) is 11.7 Å². The van der Waals surface area contributed by atoms with Crippen LogP contribution in [0.15, 0.2) is 42.5 Å². The number of carbonyl (C=O) groups is 2. The molecule has 0 spiro atoms. The van der Waals surface area contributed by atoms with Gasteiger partial charge in [0.25, 0.3) is 5.91 Å². The Labute approximate surface area is 143 Å². The number of phenolic OH excluding ortho intramolecular Hbond substituents is 3. The molecule has 0 atom stereocenters. The van der Waals surface area contributed by atoms with E-state index in [0.717, 1.165) is 11.6 Å². The largest absolute Gasteiger partial charge is 0.504 e. The number of carbonyl (C=O) groups excluding carboxylic acids is 2. The van der Waals surface area contributed by atoms with Crippen LogP contribution in [0.5, 0.6) is 17.2 Å². The lowest BCUT2D eigenvalue weighted by molar-refractivity contribution is -0.135. The van der Waals surface area contributed by atoms with Gasteiger partial charge in [-0.2, -0.15) is 0 Å². The molecule has 0 bridgehead atoms. The van der Waals surface area contributed by atoms with E-state index in [1.54, 1.807) is 0 Å². The fourth-order valence-corrected chi connectivity index (χ4v) is 1.98. The van der Waals surface area contributed by atoms with Crippen molar-refractivity contribution < 1.29 is 29.7 Å². The highest BCUT2D eigenvalue weighted by molar-refractivity contribution is 5.85. The molecule has 0 aliphatic rings. The first kappa shape index (κ1) is 18.1. The van der Waals surface area contributed by atoms with Crippen LogP contribution in [0, 0.1) is 0 Å². The van der Waals surface area contributed by atoms with Gasteiger partial charge in [0.15, 0.2) is 11.5 Å². The Kier molecular flexibility index (Phi) is 6.19. The molecule has 2 aromatic carbocycles. The van der Waals surface area contributed by atoms with Crippen LogP contribution in [0.25, 0.3) is 0 Å². The lowest BCUT2D eigenvalue weighted by Gasteiger charge is -2.09. The highest BCUT2D eigenvalue weighted by Gasteiger charge is 2.14. The molecule has 25 heavy (non-hydrogen) atoms. The van der Waals surface area contributed by atoms with E-state index in [-0.39, 0.29) is 25.1 Å². The van der Waals surface area contributed by atoms with Gasteiger partial charge in [-0.1, -0.05) is 36.4 Å². The predicted molar refractivity (Wildman–Crippen MR) is 87.5 cm³/mol. The van der Waals surface area contributed by atoms with Crippen LogP contribution in [0.1, 0.15) is 11.1 Å². The van der Waals surface area contributed by atoms with Crippen molar-refractivity contribution in [3.8, 4) is 17.2 Å². The molecule has 132 valence electrons. The summed E-state index contributed by atoms with van der Waals surface area (Å²) in [5.41, 5.74) is 3.20. The summed E-state index contributed by atoms with van der Waals surface area (Å²) in [7, 11) is 0. The van der Waals surface area contributed by atoms with Gasteiger partial charge in [0, 0.05) is 5.56 Å². The van der Waals surface area contributed by atoms with Gasteiger partial charge in [-0.3, -0.25) is 14.4 Å². The van der Waals surface area contributed by atoms with Gasteiger partial charge in [0.05, 0.1) is 19.6 Å². The maximum absolute atomic E-state index is 11.8. The number of phenols is 3. The van der Waals surface area contributed by atoms with Crippen LogP contribution in [-0.4, -0.2) is 33.7 Å². The molecule has 2 amide bonds. The number of rotatable bonds is 7. The zero-order valence-electron chi connectivity index (χ0n) is 13.2. The molecule has 0 radical (unpaired) electrons. The number of hydroxylamine groups is 1. The van der Waals surface area contributed by atoms with Crippen molar-refractivity contribution in [2.24, 2.45) is 0 Å². The molecule has 8 heteroatoms. The highest BCUT2D eigenvalue weighted by atomic mass is 16.6. The van der Waals surface area contributed by atoms with Crippen molar-refractivity contribution in [2.45, 2.75) is 13.0 Å². The van der Waals surface area contributed by atoms with Gasteiger partial charge in [-0.25, -0.2) is 5.48 Å². The first-order valence-corrected chi connectivity index (χ1v) is 7.41. The van der Waals surface area contributed by atoms with E-state index in [1.165, 1.54) is 6.07 Å². The number of aromatic hydroxyl groups is 3. The minimum atomic E-state index is -0.697. The smallest absolute Gasteiger partial charge is 0.262 e. The fourth-order valence-electron chi connectivity index (χ4n) is 1.98. The number of hydrogen-bond donors (Lipinski definition) is 5. The van der Waals surface area contributed by atoms with E-state index in [0.29, 0.717) is 0 Å². The van der Waals surface area contributed by atoms with Gasteiger partial charge in [0.1, 0.15) is 0 Å². The SMILES string of the molecule is O=C(Cc1ccc(O)c(O)c1O)NCC(=O)NOCc1ccccc1. The maximum Gasteiger partial charge on any atom is 0.262 e. The van der Waals surface area contributed by atoms with Gasteiger partial charge in [-0.05, 0) is 11.6 Å². The van der Waals surface area contributed by atoms with Gasteiger partial charge < -0.3 is 20.6 Å². The second-order valence-corrected chi connectivity index (χ2v) is 5.19. The first-order valence-electron chi connectivity index (χ1n) is 7.41. The fraction of sp³-hybridized carbons (Fsp3) is 0.176. The topological polar surface area (TPSA) is 128 Å². The number of amides is 2. The lowest BCUT2D eigenvalue weighted by Crippen LogP contribution is -2.37. The second kappa shape index (κ2) is 8.55. The Balaban J connectivity index is 1.72. The van der Waals surface area contributed by atoms with Crippen LogP contribution >= 0.6 is 0 Å². The molecule has 0 fully saturated rings. The molecule has 0 unspecified atom stereocenters. The van der Waals surface area contributed by atoms with Crippen molar-refractivity contribution in [3.05, 3.63) is 53.6 Å². The second-order valence-electron chi connectivity index (χ2n) is 5.19. The van der Waals surface area contributed by atoms with Crippen molar-refractivity contribution in [1.29, 1.82) is 0 Å². The molecule has 0 saturated carbocycles. The summed E-state index contributed by atoms with van der Waals surface area (Å²) in [5.74, 6) is -2.85. The molecule has 0 heterocycles. The third-order valence-electron chi connectivity index (χ3n) is 3.28. The molecule has 8 nitrogen and oxygen atoms in total. The summed E-state index contributed by atoms with van der Waals surface area (Å²) in [5, 5.41) is 30.6. The molecule has 0 aliphatic heterocycles. The summed E-state index contributed by atoms with van der Waals surface area (Å²) in [6, 6.07) is 11.7. The van der Waals surface area contributed by atoms with E-state index < -0.39 is 29.1 Å². The van der Waals surface area contributed by atoms with Crippen molar-refractivity contribution in [2.75, 3.05) is 6.54 Å². The number of hydrogen-bond acceptors (Lipinski definition) is 6. The van der Waals surface area contributed by atoms with Gasteiger partial charge in [-0.15, -0.1) is 0 Å². The van der Waals surface area contributed by atoms with Crippen LogP contribution in [-0.2, 0) is 27.5 Å². The van der Waals surface area contributed by atoms with Crippen LogP contribution in [0.2, 0.25) is 0 Å². The van der Waals surface area contributed by atoms with Gasteiger partial charge >= 0.3 is 0 Å². The summed E-state index contributed by atoms with van der Waals surface area (Å²) >= 11 is 0. The average Bonchev–Trinajstić information content (AvgIpc) is 2.61. The summed E-state index contributed by atoms with van der Waals surface area (Å²) in [4.78, 5) is 28.4. The van der Waals surface area contributed by atoms with Crippen LogP contribution in [0.4, 0.5) is 0 Å². The Morgan fingerprint density at radius 1 is 0.920 bits per heavy atom. The molecule has 5 N–H and O–H groups in total. The third-order valence-corrected chi connectivity index (χ3v) is 3.28. The lowest BCUT2D eigenvalue weighted by atomic mass is 10.1. The monoisotopic (exact) mass is 346 g/mol. The Bertz CT molecular complexity index is 748. The van der Waals surface area contributed by atoms with E-state index in [9.17, 15) is 24.9 Å². The molecule has 0 saturated heterocycles. The highest BCUT2D eigenvalue weighted by Crippen LogP contribution is 2.37. The quantitative estimate of drug-likeness (QED) is 0.371. The average molecular weight is 346 g/mol. The van der Waals surface area contributed by atoms with E-state index >= 15 is 0 Å². The van der Waals surface area contributed by atoms with Crippen molar-refractivity contribution in [3.63, 3.8) is 0 Å². The Hall–Kier alpha value is -3.26. The maximum atomic E-state index is 11.8.